The van der Waals surface area contributed by atoms with Gasteiger partial charge in [-0.3, -0.25) is 9.59 Å². The van der Waals surface area contributed by atoms with E-state index >= 15 is 0 Å². The quantitative estimate of drug-likeness (QED) is 0.485. The molecule has 0 amide bonds. The topological polar surface area (TPSA) is 71.3 Å². The molecule has 0 fully saturated rings. The fourth-order valence-electron chi connectivity index (χ4n) is 2.77. The number of hydrogen-bond acceptors (Lipinski definition) is 4. The zero-order valence-corrected chi connectivity index (χ0v) is 14.7. The smallest absolute Gasteiger partial charge is 0.166 e. The Hall–Kier alpha value is -1.46. The number of carbonyl (C=O) groups is 2. The number of aromatic nitrogens is 1. The molecule has 5 heteroatoms. The normalized spacial score (nSPS) is 12.8. The summed E-state index contributed by atoms with van der Waals surface area (Å²) in [5, 5.41) is 12.7. The van der Waals surface area contributed by atoms with Gasteiger partial charge in [-0.1, -0.05) is 27.7 Å². The Labute approximate surface area is 139 Å². The molecule has 0 spiro atoms. The van der Waals surface area contributed by atoms with Crippen LogP contribution in [0.25, 0.3) is 0 Å². The second-order valence-electron chi connectivity index (χ2n) is 6.60. The third kappa shape index (κ3) is 5.92. The van der Waals surface area contributed by atoms with E-state index in [0.29, 0.717) is 12.2 Å². The molecule has 0 saturated heterocycles. The zero-order valence-electron chi connectivity index (χ0n) is 14.7. The maximum Gasteiger partial charge on any atom is 0.166 e. The number of Topliss-reactive ketones (excluding diaryl/α,β-unsaturated/α-hetero) is 1. The van der Waals surface area contributed by atoms with Crippen LogP contribution in [0.4, 0.5) is 0 Å². The molecule has 0 radical (unpaired) electrons. The van der Waals surface area contributed by atoms with E-state index in [2.05, 4.69) is 5.32 Å². The minimum absolute atomic E-state index is 0.0263. The molecule has 0 saturated carbocycles. The van der Waals surface area contributed by atoms with Gasteiger partial charge in [-0.2, -0.15) is 0 Å². The fourth-order valence-corrected chi connectivity index (χ4v) is 2.77. The lowest BCUT2D eigenvalue weighted by molar-refractivity contribution is -0.124. The van der Waals surface area contributed by atoms with E-state index in [4.69, 9.17) is 0 Å². The van der Waals surface area contributed by atoms with Gasteiger partial charge in [0, 0.05) is 24.2 Å². The van der Waals surface area contributed by atoms with Crippen molar-refractivity contribution in [2.75, 3.05) is 0 Å². The number of ketones is 1. The maximum atomic E-state index is 12.3. The average Bonchev–Trinajstić information content (AvgIpc) is 2.90. The Morgan fingerprint density at radius 2 is 1.96 bits per heavy atom. The number of aliphatic hydroxyl groups excluding tert-OH is 1. The largest absolute Gasteiger partial charge is 0.390 e. The molecule has 0 aliphatic carbocycles. The van der Waals surface area contributed by atoms with Crippen LogP contribution in [-0.4, -0.2) is 33.8 Å². The van der Waals surface area contributed by atoms with Crippen molar-refractivity contribution in [3.05, 3.63) is 23.5 Å². The summed E-state index contributed by atoms with van der Waals surface area (Å²) in [4.78, 5) is 23.3. The van der Waals surface area contributed by atoms with Crippen molar-refractivity contribution >= 4 is 12.1 Å². The Morgan fingerprint density at radius 1 is 1.26 bits per heavy atom. The Balaban J connectivity index is 2.55. The number of hydrogen-bond donors (Lipinski definition) is 2. The highest BCUT2D eigenvalue weighted by molar-refractivity contribution is 5.85. The monoisotopic (exact) mass is 322 g/mol. The van der Waals surface area contributed by atoms with Crippen LogP contribution in [0.15, 0.2) is 12.1 Å². The molecule has 1 atom stereocenters. The highest BCUT2D eigenvalue weighted by Crippen LogP contribution is 2.13. The van der Waals surface area contributed by atoms with Crippen molar-refractivity contribution < 1.29 is 14.7 Å². The van der Waals surface area contributed by atoms with E-state index < -0.39 is 0 Å². The molecule has 1 rings (SSSR count). The number of nitrogens with zero attached hydrogens (tertiary/aromatic N) is 1. The van der Waals surface area contributed by atoms with Crippen LogP contribution < -0.4 is 5.32 Å². The molecule has 1 aromatic heterocycles. The van der Waals surface area contributed by atoms with E-state index in [0.717, 1.165) is 31.2 Å². The van der Waals surface area contributed by atoms with Gasteiger partial charge in [0.15, 0.2) is 12.1 Å². The van der Waals surface area contributed by atoms with Gasteiger partial charge in [-0.05, 0) is 31.4 Å². The van der Waals surface area contributed by atoms with Gasteiger partial charge in [-0.25, -0.2) is 0 Å². The summed E-state index contributed by atoms with van der Waals surface area (Å²) in [6.45, 7) is 8.56. The predicted molar refractivity (Wildman–Crippen MR) is 91.5 cm³/mol. The Morgan fingerprint density at radius 3 is 2.48 bits per heavy atom. The molecule has 1 aromatic rings. The lowest BCUT2D eigenvalue weighted by Gasteiger charge is -2.22. The van der Waals surface area contributed by atoms with Crippen molar-refractivity contribution in [3.8, 4) is 0 Å². The van der Waals surface area contributed by atoms with Gasteiger partial charge >= 0.3 is 0 Å². The van der Waals surface area contributed by atoms with E-state index in [9.17, 15) is 14.7 Å². The third-order valence-electron chi connectivity index (χ3n) is 3.96. The molecule has 23 heavy (non-hydrogen) atoms. The number of rotatable bonds is 11. The van der Waals surface area contributed by atoms with Gasteiger partial charge in [-0.15, -0.1) is 0 Å². The number of aliphatic hydroxyl groups is 1. The predicted octanol–water partition coefficient (Wildman–Crippen LogP) is 2.55. The van der Waals surface area contributed by atoms with E-state index in [1.54, 1.807) is 12.1 Å². The molecule has 0 bridgehead atoms. The molecular formula is C18H30N2O3. The van der Waals surface area contributed by atoms with Gasteiger partial charge in [0.2, 0.25) is 0 Å². The third-order valence-corrected chi connectivity index (χ3v) is 3.96. The first-order chi connectivity index (χ1) is 10.9. The van der Waals surface area contributed by atoms with Crippen molar-refractivity contribution in [1.29, 1.82) is 0 Å². The van der Waals surface area contributed by atoms with E-state index in [-0.39, 0.29) is 30.4 Å². The van der Waals surface area contributed by atoms with Crippen molar-refractivity contribution in [2.24, 2.45) is 5.92 Å². The second kappa shape index (κ2) is 9.63. The molecule has 0 aliphatic rings. The lowest BCUT2D eigenvalue weighted by atomic mass is 9.96. The van der Waals surface area contributed by atoms with Crippen molar-refractivity contribution in [3.63, 3.8) is 0 Å². The molecule has 0 unspecified atom stereocenters. The molecule has 1 heterocycles. The first-order valence-corrected chi connectivity index (χ1v) is 8.44. The number of nitrogens with one attached hydrogen (secondary N) is 1. The summed E-state index contributed by atoms with van der Waals surface area (Å²) in [5.74, 6) is 0.280. The van der Waals surface area contributed by atoms with Crippen LogP contribution in [0, 0.1) is 5.92 Å². The second-order valence-corrected chi connectivity index (χ2v) is 6.60. The van der Waals surface area contributed by atoms with Gasteiger partial charge in [0.05, 0.1) is 18.3 Å². The summed E-state index contributed by atoms with van der Waals surface area (Å²) in [6.07, 6.45) is 3.36. The Kier molecular flexibility index (Phi) is 8.20. The highest BCUT2D eigenvalue weighted by Gasteiger charge is 2.21. The highest BCUT2D eigenvalue weighted by atomic mass is 16.3. The number of unbranched alkanes of at least 4 members (excludes halogenated alkanes) is 1. The summed E-state index contributed by atoms with van der Waals surface area (Å²) >= 11 is 0. The molecule has 5 nitrogen and oxygen atoms in total. The summed E-state index contributed by atoms with van der Waals surface area (Å²) in [5.41, 5.74) is 1.34. The molecule has 2 N–H and O–H groups in total. The first-order valence-electron chi connectivity index (χ1n) is 8.44. The minimum atomic E-state index is -0.109. The van der Waals surface area contributed by atoms with Crippen LogP contribution in [0.5, 0.6) is 0 Å². The van der Waals surface area contributed by atoms with Gasteiger partial charge in [0.1, 0.15) is 0 Å². The van der Waals surface area contributed by atoms with E-state index in [1.807, 2.05) is 32.3 Å². The van der Waals surface area contributed by atoms with Crippen LogP contribution in [0.2, 0.25) is 0 Å². The van der Waals surface area contributed by atoms with Crippen LogP contribution in [0.1, 0.15) is 63.1 Å². The van der Waals surface area contributed by atoms with E-state index in [1.165, 1.54) is 0 Å². The van der Waals surface area contributed by atoms with Crippen LogP contribution in [-0.2, 0) is 17.9 Å². The lowest BCUT2D eigenvalue weighted by Crippen LogP contribution is -2.42. The standard InChI is InChI=1S/C18H30N2O3/c1-13(2)18(23)17(19-14(3)4)7-5-6-10-20-15(11-21)8-9-16(20)12-22/h8-9,11,13-14,17,19,22H,5-7,10,12H2,1-4H3/t17-/m0/s1. The zero-order chi connectivity index (χ0) is 17.4. The molecular weight excluding hydrogens is 292 g/mol. The average molecular weight is 322 g/mol. The van der Waals surface area contributed by atoms with Gasteiger partial charge in [0.25, 0.3) is 0 Å². The van der Waals surface area contributed by atoms with Crippen molar-refractivity contribution in [1.82, 2.24) is 9.88 Å². The minimum Gasteiger partial charge on any atom is -0.390 e. The molecule has 0 aromatic carbocycles. The summed E-state index contributed by atoms with van der Waals surface area (Å²) < 4.78 is 1.85. The summed E-state index contributed by atoms with van der Waals surface area (Å²) in [6, 6.07) is 3.66. The maximum absolute atomic E-state index is 12.3. The molecule has 0 aliphatic heterocycles. The van der Waals surface area contributed by atoms with Crippen molar-refractivity contribution in [2.45, 2.75) is 72.2 Å². The van der Waals surface area contributed by atoms with Gasteiger partial charge < -0.3 is 15.0 Å². The molecule has 130 valence electrons. The summed E-state index contributed by atoms with van der Waals surface area (Å²) in [7, 11) is 0. The first kappa shape index (κ1) is 19.6. The number of aldehydes is 1. The SMILES string of the molecule is CC(C)N[C@@H](CCCCn1c(C=O)ccc1CO)C(=O)C(C)C. The number of carbonyl (C=O) groups excluding carboxylic acids is 2. The van der Waals surface area contributed by atoms with Crippen LogP contribution >= 0.6 is 0 Å². The van der Waals surface area contributed by atoms with Crippen LogP contribution in [0.3, 0.4) is 0 Å². The fraction of sp³-hybridized carbons (Fsp3) is 0.667. The Bertz CT molecular complexity index is 506.